The van der Waals surface area contributed by atoms with Crippen LogP contribution in [0.15, 0.2) is 18.2 Å². The van der Waals surface area contributed by atoms with Crippen LogP contribution in [0.3, 0.4) is 0 Å². The maximum Gasteiger partial charge on any atom is 0.312 e. The topological polar surface area (TPSA) is 73.6 Å². The van der Waals surface area contributed by atoms with Crippen molar-refractivity contribution in [2.24, 2.45) is 5.73 Å². The second kappa shape index (κ2) is 5.98. The van der Waals surface area contributed by atoms with Gasteiger partial charge in [-0.2, -0.15) is 0 Å². The number of hydrogen-bond acceptors (Lipinski definition) is 3. The quantitative estimate of drug-likeness (QED) is 0.816. The predicted molar refractivity (Wildman–Crippen MR) is 65.5 cm³/mol. The van der Waals surface area contributed by atoms with Gasteiger partial charge >= 0.3 is 6.03 Å². The zero-order valence-electron chi connectivity index (χ0n) is 10.3. The minimum atomic E-state index is -0.516. The van der Waals surface area contributed by atoms with Crippen molar-refractivity contribution >= 4 is 6.03 Å². The highest BCUT2D eigenvalue weighted by Gasteiger charge is 2.10. The maximum absolute atomic E-state index is 10.6. The molecule has 0 fully saturated rings. The van der Waals surface area contributed by atoms with Crippen molar-refractivity contribution in [1.29, 1.82) is 0 Å². The number of nitrogens with one attached hydrogen (secondary N) is 1. The van der Waals surface area contributed by atoms with Crippen LogP contribution in [-0.4, -0.2) is 26.8 Å². The molecule has 5 nitrogen and oxygen atoms in total. The van der Waals surface area contributed by atoms with Crippen molar-refractivity contribution in [1.82, 2.24) is 5.32 Å². The summed E-state index contributed by atoms with van der Waals surface area (Å²) in [6, 6.07) is 5.16. The van der Waals surface area contributed by atoms with Gasteiger partial charge in [0.25, 0.3) is 0 Å². The van der Waals surface area contributed by atoms with Gasteiger partial charge in [0.2, 0.25) is 0 Å². The summed E-state index contributed by atoms with van der Waals surface area (Å²) in [6.45, 7) is 2.49. The van der Waals surface area contributed by atoms with E-state index in [0.29, 0.717) is 18.0 Å². The van der Waals surface area contributed by atoms with E-state index < -0.39 is 6.03 Å². The third-order valence-corrected chi connectivity index (χ3v) is 2.56. The minimum Gasteiger partial charge on any atom is -0.493 e. The molecule has 0 radical (unpaired) electrons. The molecule has 1 atom stereocenters. The van der Waals surface area contributed by atoms with Gasteiger partial charge in [0, 0.05) is 6.54 Å². The molecule has 1 aromatic carbocycles. The molecule has 0 aliphatic carbocycles. The Balaban J connectivity index is 2.80. The zero-order valence-corrected chi connectivity index (χ0v) is 10.3. The summed E-state index contributed by atoms with van der Waals surface area (Å²) in [6.07, 6.45) is 0. The van der Waals surface area contributed by atoms with Crippen LogP contribution < -0.4 is 20.5 Å². The van der Waals surface area contributed by atoms with Crippen molar-refractivity contribution in [2.45, 2.75) is 12.8 Å². The van der Waals surface area contributed by atoms with E-state index in [1.54, 1.807) is 14.2 Å². The number of rotatable bonds is 5. The van der Waals surface area contributed by atoms with Crippen molar-refractivity contribution in [3.05, 3.63) is 23.8 Å². The molecule has 0 heterocycles. The Hall–Kier alpha value is -1.91. The molecule has 1 unspecified atom stereocenters. The van der Waals surface area contributed by atoms with E-state index in [2.05, 4.69) is 5.32 Å². The van der Waals surface area contributed by atoms with E-state index in [0.717, 1.165) is 5.56 Å². The lowest BCUT2D eigenvalue weighted by Gasteiger charge is -2.14. The lowest BCUT2D eigenvalue weighted by Crippen LogP contribution is -2.32. The Bertz CT molecular complexity index is 393. The Labute approximate surface area is 101 Å². The summed E-state index contributed by atoms with van der Waals surface area (Å²) in [4.78, 5) is 10.6. The predicted octanol–water partition coefficient (Wildman–Crippen LogP) is 1.48. The van der Waals surface area contributed by atoms with E-state index in [-0.39, 0.29) is 5.92 Å². The van der Waals surface area contributed by atoms with Crippen molar-refractivity contribution in [3.63, 3.8) is 0 Å². The maximum atomic E-state index is 10.6. The number of methoxy groups -OCH3 is 2. The lowest BCUT2D eigenvalue weighted by atomic mass is 10.0. The van der Waals surface area contributed by atoms with Crippen LogP contribution in [0.5, 0.6) is 11.5 Å². The molecular formula is C12H18N2O3. The number of nitrogens with two attached hydrogens (primary N) is 1. The first-order valence-corrected chi connectivity index (χ1v) is 5.33. The van der Waals surface area contributed by atoms with Gasteiger partial charge in [-0.25, -0.2) is 4.79 Å². The molecule has 17 heavy (non-hydrogen) atoms. The van der Waals surface area contributed by atoms with Gasteiger partial charge in [0.05, 0.1) is 14.2 Å². The number of primary amides is 1. The summed E-state index contributed by atoms with van der Waals surface area (Å²) >= 11 is 0. The number of amides is 2. The molecule has 0 saturated heterocycles. The van der Waals surface area contributed by atoms with Gasteiger partial charge in [0.15, 0.2) is 11.5 Å². The van der Waals surface area contributed by atoms with E-state index in [1.165, 1.54) is 0 Å². The summed E-state index contributed by atoms with van der Waals surface area (Å²) in [5.41, 5.74) is 6.08. The second-order valence-corrected chi connectivity index (χ2v) is 3.76. The van der Waals surface area contributed by atoms with Gasteiger partial charge in [-0.1, -0.05) is 13.0 Å². The number of ether oxygens (including phenoxy) is 2. The molecule has 0 aliphatic heterocycles. The highest BCUT2D eigenvalue weighted by atomic mass is 16.5. The summed E-state index contributed by atoms with van der Waals surface area (Å²) in [5.74, 6) is 1.52. The molecular weight excluding hydrogens is 220 g/mol. The molecule has 94 valence electrons. The normalized spacial score (nSPS) is 11.7. The van der Waals surface area contributed by atoms with Crippen LogP contribution in [0.4, 0.5) is 4.79 Å². The van der Waals surface area contributed by atoms with Crippen molar-refractivity contribution in [3.8, 4) is 11.5 Å². The van der Waals surface area contributed by atoms with E-state index in [1.807, 2.05) is 25.1 Å². The molecule has 2 amide bonds. The van der Waals surface area contributed by atoms with E-state index in [9.17, 15) is 4.79 Å². The van der Waals surface area contributed by atoms with Crippen molar-refractivity contribution in [2.75, 3.05) is 20.8 Å². The molecule has 0 aromatic heterocycles. The molecule has 0 saturated carbocycles. The van der Waals surface area contributed by atoms with E-state index in [4.69, 9.17) is 15.2 Å². The number of hydrogen-bond donors (Lipinski definition) is 2. The first kappa shape index (κ1) is 13.2. The molecule has 1 rings (SSSR count). The average molecular weight is 238 g/mol. The molecule has 0 bridgehead atoms. The fourth-order valence-electron chi connectivity index (χ4n) is 1.53. The van der Waals surface area contributed by atoms with Crippen LogP contribution in [0.1, 0.15) is 18.4 Å². The third-order valence-electron chi connectivity index (χ3n) is 2.56. The SMILES string of the molecule is COc1ccc(C(C)CNC(N)=O)cc1OC. The Morgan fingerprint density at radius 2 is 2.00 bits per heavy atom. The largest absolute Gasteiger partial charge is 0.493 e. The fraction of sp³-hybridized carbons (Fsp3) is 0.417. The second-order valence-electron chi connectivity index (χ2n) is 3.76. The first-order chi connectivity index (χ1) is 8.08. The molecule has 3 N–H and O–H groups in total. The van der Waals surface area contributed by atoms with E-state index >= 15 is 0 Å². The van der Waals surface area contributed by atoms with Gasteiger partial charge in [-0.05, 0) is 23.6 Å². The van der Waals surface area contributed by atoms with Gasteiger partial charge < -0.3 is 20.5 Å². The smallest absolute Gasteiger partial charge is 0.312 e. The highest BCUT2D eigenvalue weighted by molar-refractivity contribution is 5.71. The van der Waals surface area contributed by atoms with Crippen molar-refractivity contribution < 1.29 is 14.3 Å². The lowest BCUT2D eigenvalue weighted by molar-refractivity contribution is 0.248. The Kier molecular flexibility index (Phi) is 4.63. The number of carbonyl (C=O) groups is 1. The zero-order chi connectivity index (χ0) is 12.8. The highest BCUT2D eigenvalue weighted by Crippen LogP contribution is 2.30. The summed E-state index contributed by atoms with van der Waals surface area (Å²) < 4.78 is 10.4. The minimum absolute atomic E-state index is 0.155. The summed E-state index contributed by atoms with van der Waals surface area (Å²) in [7, 11) is 3.18. The fourth-order valence-corrected chi connectivity index (χ4v) is 1.53. The van der Waals surface area contributed by atoms with Crippen LogP contribution in [-0.2, 0) is 0 Å². The Morgan fingerprint density at radius 3 is 2.53 bits per heavy atom. The van der Waals surface area contributed by atoms with Gasteiger partial charge in [0.1, 0.15) is 0 Å². The van der Waals surface area contributed by atoms with Crippen LogP contribution in [0.2, 0.25) is 0 Å². The molecule has 0 spiro atoms. The van der Waals surface area contributed by atoms with Crippen LogP contribution >= 0.6 is 0 Å². The average Bonchev–Trinajstić information content (AvgIpc) is 2.34. The Morgan fingerprint density at radius 1 is 1.35 bits per heavy atom. The monoisotopic (exact) mass is 238 g/mol. The number of benzene rings is 1. The molecule has 0 aliphatic rings. The van der Waals surface area contributed by atoms with Crippen LogP contribution in [0, 0.1) is 0 Å². The van der Waals surface area contributed by atoms with Crippen LogP contribution in [0.25, 0.3) is 0 Å². The molecule has 5 heteroatoms. The van der Waals surface area contributed by atoms with Gasteiger partial charge in [-0.3, -0.25) is 0 Å². The first-order valence-electron chi connectivity index (χ1n) is 5.33. The third kappa shape index (κ3) is 3.55. The van der Waals surface area contributed by atoms with Gasteiger partial charge in [-0.15, -0.1) is 0 Å². The number of carbonyl (C=O) groups excluding carboxylic acids is 1. The standard InChI is InChI=1S/C12H18N2O3/c1-8(7-14-12(13)15)9-4-5-10(16-2)11(6-9)17-3/h4-6,8H,7H2,1-3H3,(H3,13,14,15). The molecule has 1 aromatic rings. The number of urea groups is 1. The summed E-state index contributed by atoms with van der Waals surface area (Å²) in [5, 5.41) is 2.58.